The highest BCUT2D eigenvalue weighted by Gasteiger charge is 2.24. The van der Waals surface area contributed by atoms with Gasteiger partial charge < -0.3 is 4.57 Å². The van der Waals surface area contributed by atoms with Crippen molar-refractivity contribution in [3.8, 4) is 11.1 Å². The van der Waals surface area contributed by atoms with Gasteiger partial charge in [-0.15, -0.1) is 0 Å². The lowest BCUT2D eigenvalue weighted by atomic mass is 9.89. The zero-order chi connectivity index (χ0) is 28.3. The van der Waals surface area contributed by atoms with E-state index in [1.807, 2.05) is 6.92 Å². The van der Waals surface area contributed by atoms with Crippen LogP contribution in [-0.2, 0) is 22.6 Å². The van der Waals surface area contributed by atoms with Crippen LogP contribution in [0.4, 0.5) is 0 Å². The summed E-state index contributed by atoms with van der Waals surface area (Å²) in [6.07, 6.45) is 2.43. The van der Waals surface area contributed by atoms with E-state index in [2.05, 4.69) is 25.5 Å². The summed E-state index contributed by atoms with van der Waals surface area (Å²) in [5.41, 5.74) is 3.34. The predicted molar refractivity (Wildman–Crippen MR) is 159 cm³/mol. The molecule has 0 aliphatic rings. The molecule has 3 aromatic rings. The number of ketones is 1. The number of benzene rings is 2. The Morgan fingerprint density at radius 1 is 1.05 bits per heavy atom. The van der Waals surface area contributed by atoms with Crippen LogP contribution in [0.3, 0.4) is 0 Å². The molecular weight excluding hydrogens is 540 g/mol. The van der Waals surface area contributed by atoms with Gasteiger partial charge in [-0.2, -0.15) is 0 Å². The molecule has 204 valence electrons. The van der Waals surface area contributed by atoms with Crippen molar-refractivity contribution in [2.24, 2.45) is 7.05 Å². The highest BCUT2D eigenvalue weighted by Crippen LogP contribution is 2.35. The topological polar surface area (TPSA) is 85.2 Å². The van der Waals surface area contributed by atoms with Gasteiger partial charge in [-0.25, -0.2) is 8.42 Å². The van der Waals surface area contributed by atoms with Crippen LogP contribution in [-0.4, -0.2) is 29.3 Å². The first kappa shape index (κ1) is 30.2. The number of sulfone groups is 1. The molecular formula is C29H35ClN2O4S2. The number of nitrogens with zero attached hydrogens (tertiary/aromatic N) is 1. The van der Waals surface area contributed by atoms with Crippen LogP contribution >= 0.6 is 23.5 Å². The van der Waals surface area contributed by atoms with Crippen molar-refractivity contribution in [1.82, 2.24) is 9.29 Å². The molecule has 0 spiro atoms. The van der Waals surface area contributed by atoms with Crippen molar-refractivity contribution in [3.63, 3.8) is 0 Å². The second-order valence-electron chi connectivity index (χ2n) is 10.3. The number of aryl methyl sites for hydroxylation is 1. The van der Waals surface area contributed by atoms with Crippen molar-refractivity contribution in [3.05, 3.63) is 92.4 Å². The zero-order valence-corrected chi connectivity index (χ0v) is 25.1. The summed E-state index contributed by atoms with van der Waals surface area (Å²) in [5.74, 6) is -0.334. The third-order valence-corrected chi connectivity index (χ3v) is 9.02. The molecule has 1 heterocycles. The van der Waals surface area contributed by atoms with Crippen molar-refractivity contribution >= 4 is 39.2 Å². The van der Waals surface area contributed by atoms with E-state index in [4.69, 9.17) is 11.6 Å². The van der Waals surface area contributed by atoms with Crippen molar-refractivity contribution < 1.29 is 13.2 Å². The largest absolute Gasteiger partial charge is 0.318 e. The van der Waals surface area contributed by atoms with E-state index in [1.54, 1.807) is 80.6 Å². The minimum absolute atomic E-state index is 0.0186. The van der Waals surface area contributed by atoms with E-state index in [9.17, 15) is 18.0 Å². The minimum atomic E-state index is -3.30. The summed E-state index contributed by atoms with van der Waals surface area (Å²) in [7, 11) is -1.64. The van der Waals surface area contributed by atoms with Crippen LogP contribution in [0.15, 0.2) is 59.5 Å². The Balaban J connectivity index is 2.27. The van der Waals surface area contributed by atoms with Gasteiger partial charge in [-0.3, -0.25) is 14.3 Å². The highest BCUT2D eigenvalue weighted by atomic mass is 35.5. The molecule has 0 amide bonds. The maximum Gasteiger partial charge on any atom is 0.250 e. The number of aromatic nitrogens is 1. The zero-order valence-electron chi connectivity index (χ0n) is 22.7. The van der Waals surface area contributed by atoms with Crippen LogP contribution in [0.25, 0.3) is 11.1 Å². The van der Waals surface area contributed by atoms with Gasteiger partial charge in [0.2, 0.25) is 0 Å². The molecule has 0 bridgehead atoms. The average Bonchev–Trinajstić information content (AvgIpc) is 2.85. The molecule has 0 aliphatic carbocycles. The molecule has 0 radical (unpaired) electrons. The first-order valence-electron chi connectivity index (χ1n) is 12.5. The van der Waals surface area contributed by atoms with Crippen molar-refractivity contribution in [1.29, 1.82) is 0 Å². The molecule has 1 aromatic heterocycles. The van der Waals surface area contributed by atoms with E-state index in [-0.39, 0.29) is 33.6 Å². The number of carbonyl (C=O) groups is 1. The Morgan fingerprint density at radius 2 is 1.71 bits per heavy atom. The number of carbonyl (C=O) groups excluding carboxylic acids is 1. The van der Waals surface area contributed by atoms with Crippen LogP contribution in [0.1, 0.15) is 74.1 Å². The minimum Gasteiger partial charge on any atom is -0.318 e. The van der Waals surface area contributed by atoms with Crippen LogP contribution in [0.5, 0.6) is 0 Å². The molecule has 3 rings (SSSR count). The van der Waals surface area contributed by atoms with Gasteiger partial charge in [0.25, 0.3) is 5.56 Å². The third kappa shape index (κ3) is 7.59. The van der Waals surface area contributed by atoms with Gasteiger partial charge in [0.15, 0.2) is 15.6 Å². The van der Waals surface area contributed by atoms with E-state index in [0.29, 0.717) is 39.3 Å². The van der Waals surface area contributed by atoms with Crippen LogP contribution in [0.2, 0.25) is 5.02 Å². The van der Waals surface area contributed by atoms with Crippen LogP contribution < -0.4 is 10.3 Å². The van der Waals surface area contributed by atoms with E-state index < -0.39 is 9.84 Å². The smallest absolute Gasteiger partial charge is 0.250 e. The van der Waals surface area contributed by atoms with Gasteiger partial charge in [0.05, 0.1) is 5.75 Å². The fourth-order valence-electron chi connectivity index (χ4n) is 3.99. The van der Waals surface area contributed by atoms with E-state index in [0.717, 1.165) is 5.56 Å². The third-order valence-electron chi connectivity index (χ3n) is 6.10. The summed E-state index contributed by atoms with van der Waals surface area (Å²) in [4.78, 5) is 26.5. The fourth-order valence-corrected chi connectivity index (χ4v) is 5.79. The summed E-state index contributed by atoms with van der Waals surface area (Å²) >= 11 is 7.62. The van der Waals surface area contributed by atoms with Gasteiger partial charge in [0, 0.05) is 57.6 Å². The standard InChI is InChI=1S/C29H35ClN2O4S2/c1-7-26(31-37-29(3,4)5)24-16-27(33)32(6)17-25(24)23-15-19(18-38(35,36)8-2)9-14-22(23)28(34)20-10-12-21(30)13-11-20/h9-17,26,31H,7-8,18H2,1-6H3/t26-/m0/s1. The first-order chi connectivity index (χ1) is 17.7. The summed E-state index contributed by atoms with van der Waals surface area (Å²) < 4.78 is 29.8. The Bertz CT molecular complexity index is 1470. The van der Waals surface area contributed by atoms with Gasteiger partial charge in [-0.05, 0) is 74.2 Å². The molecule has 2 aromatic carbocycles. The Morgan fingerprint density at radius 3 is 2.29 bits per heavy atom. The second-order valence-corrected chi connectivity index (χ2v) is 14.7. The summed E-state index contributed by atoms with van der Waals surface area (Å²) in [5, 5.41) is 0.524. The molecule has 38 heavy (non-hydrogen) atoms. The molecule has 1 atom stereocenters. The molecule has 6 nitrogen and oxygen atoms in total. The maximum atomic E-state index is 13.7. The van der Waals surface area contributed by atoms with Gasteiger partial charge in [-0.1, -0.05) is 49.5 Å². The number of hydrogen-bond acceptors (Lipinski definition) is 6. The SMILES string of the molecule is CC[C@H](NSC(C)(C)C)c1cc(=O)n(C)cc1-c1cc(CS(=O)(=O)CC)ccc1C(=O)c1ccc(Cl)cc1. The predicted octanol–water partition coefficient (Wildman–Crippen LogP) is 6.36. The van der Waals surface area contributed by atoms with E-state index in [1.165, 1.54) is 4.57 Å². The molecule has 1 N–H and O–H groups in total. The Labute approximate surface area is 234 Å². The number of rotatable bonds is 10. The monoisotopic (exact) mass is 574 g/mol. The number of halogens is 1. The normalized spacial score (nSPS) is 12.9. The second kappa shape index (κ2) is 12.2. The molecule has 0 saturated carbocycles. The lowest BCUT2D eigenvalue weighted by Crippen LogP contribution is -2.25. The Hall–Kier alpha value is -2.39. The quantitative estimate of drug-likeness (QED) is 0.224. The first-order valence-corrected chi connectivity index (χ1v) is 15.5. The molecule has 9 heteroatoms. The highest BCUT2D eigenvalue weighted by molar-refractivity contribution is 7.98. The molecule has 0 aliphatic heterocycles. The maximum absolute atomic E-state index is 13.7. The molecule has 0 unspecified atom stereocenters. The number of pyridine rings is 1. The van der Waals surface area contributed by atoms with Crippen molar-refractivity contribution in [2.45, 2.75) is 57.6 Å². The summed E-state index contributed by atoms with van der Waals surface area (Å²) in [6, 6.07) is 13.2. The lowest BCUT2D eigenvalue weighted by molar-refractivity contribution is 0.103. The molecule has 0 fully saturated rings. The molecule has 0 saturated heterocycles. The number of hydrogen-bond donors (Lipinski definition) is 1. The Kier molecular flexibility index (Phi) is 9.68. The van der Waals surface area contributed by atoms with Gasteiger partial charge in [0.1, 0.15) is 0 Å². The lowest BCUT2D eigenvalue weighted by Gasteiger charge is -2.26. The summed E-state index contributed by atoms with van der Waals surface area (Å²) in [6.45, 7) is 9.95. The van der Waals surface area contributed by atoms with Gasteiger partial charge >= 0.3 is 0 Å². The van der Waals surface area contributed by atoms with Crippen molar-refractivity contribution in [2.75, 3.05) is 5.75 Å². The fraction of sp³-hybridized carbons (Fsp3) is 0.379. The van der Waals surface area contributed by atoms with Crippen LogP contribution in [0, 0.1) is 0 Å². The average molecular weight is 575 g/mol. The van der Waals surface area contributed by atoms with E-state index >= 15 is 0 Å². The number of nitrogens with one attached hydrogen (secondary N) is 1.